The Balaban J connectivity index is 4.04. The third-order valence-corrected chi connectivity index (χ3v) is 16.1. The molecule has 0 aliphatic rings. The number of carboxylic acid groups (broad SMARTS) is 1. The van der Waals surface area contributed by atoms with Crippen LogP contribution in [0, 0.1) is 0 Å². The van der Waals surface area contributed by atoms with Crippen molar-refractivity contribution in [2.24, 2.45) is 0 Å². The van der Waals surface area contributed by atoms with Crippen LogP contribution in [0.4, 0.5) is 0 Å². The number of likely N-dealkylation sites (N-methyl/N-ethyl adjacent to an activating group) is 1. The standard InChI is InChI=1S/C79H139NO8/c1-6-8-10-12-14-16-18-20-22-24-26-28-30-31-32-33-34-35-36-37-38-39-40-41-42-43-44-45-46-47-48-50-52-54-56-58-60-62-64-66-68-70-77(82)88-75(74-87-79(78(83)84)85-72-71-80(3,4)5)73-86-76(81)69-67-65-63-61-59-57-55-53-51-49-29-27-25-23-21-19-17-15-13-11-9-7-2/h8,10,14,16,20,22,26,28,31-32,34-35,37-38,40-41,75,79H,6-7,9,11-13,15,17-19,21,23-25,27,29-30,33,36,39,42-74H2,1-5H3/b10-8-,16-14-,22-20-,28-26-,32-31-,35-34-,38-37-,41-40-. The van der Waals surface area contributed by atoms with Crippen molar-refractivity contribution in [3.8, 4) is 0 Å². The lowest BCUT2D eigenvalue weighted by molar-refractivity contribution is -0.870. The van der Waals surface area contributed by atoms with Gasteiger partial charge in [0.15, 0.2) is 12.4 Å². The minimum atomic E-state index is -1.62. The number of esters is 2. The minimum Gasteiger partial charge on any atom is -0.545 e. The van der Waals surface area contributed by atoms with Crippen molar-refractivity contribution >= 4 is 17.9 Å². The lowest BCUT2D eigenvalue weighted by Gasteiger charge is -2.26. The van der Waals surface area contributed by atoms with Gasteiger partial charge in [-0.15, -0.1) is 0 Å². The number of quaternary nitrogens is 1. The Kier molecular flexibility index (Phi) is 66.1. The number of hydrogen-bond acceptors (Lipinski definition) is 8. The number of nitrogens with zero attached hydrogens (tertiary/aromatic N) is 1. The molecular weight excluding hydrogens is 1090 g/mol. The van der Waals surface area contributed by atoms with Crippen molar-refractivity contribution in [2.75, 3.05) is 47.5 Å². The summed E-state index contributed by atoms with van der Waals surface area (Å²) in [7, 11) is 5.94. The molecule has 2 atom stereocenters. The van der Waals surface area contributed by atoms with E-state index in [0.29, 0.717) is 23.9 Å². The van der Waals surface area contributed by atoms with E-state index in [1.165, 1.54) is 212 Å². The lowest BCUT2D eigenvalue weighted by atomic mass is 10.0. The number of hydrogen-bond donors (Lipinski definition) is 0. The van der Waals surface area contributed by atoms with Crippen LogP contribution in [0.2, 0.25) is 0 Å². The van der Waals surface area contributed by atoms with Crippen LogP contribution in [0.15, 0.2) is 97.2 Å². The molecule has 9 heteroatoms. The van der Waals surface area contributed by atoms with Gasteiger partial charge in [0.1, 0.15) is 13.2 Å². The summed E-state index contributed by atoms with van der Waals surface area (Å²) >= 11 is 0. The molecule has 0 aromatic carbocycles. The van der Waals surface area contributed by atoms with E-state index < -0.39 is 24.3 Å². The van der Waals surface area contributed by atoms with Crippen molar-refractivity contribution in [1.29, 1.82) is 0 Å². The maximum atomic E-state index is 12.9. The van der Waals surface area contributed by atoms with Crippen LogP contribution >= 0.6 is 0 Å². The molecule has 0 radical (unpaired) electrons. The highest BCUT2D eigenvalue weighted by Gasteiger charge is 2.22. The molecule has 0 aliphatic heterocycles. The first kappa shape index (κ1) is 84.2. The van der Waals surface area contributed by atoms with Crippen LogP contribution in [0.5, 0.6) is 0 Å². The Bertz CT molecular complexity index is 1770. The fourth-order valence-corrected chi connectivity index (χ4v) is 10.5. The molecule has 508 valence electrons. The number of carbonyl (C=O) groups is 3. The van der Waals surface area contributed by atoms with Gasteiger partial charge < -0.3 is 33.3 Å². The van der Waals surface area contributed by atoms with Gasteiger partial charge in [0.05, 0.1) is 40.3 Å². The molecule has 0 spiro atoms. The predicted molar refractivity (Wildman–Crippen MR) is 375 cm³/mol. The molecule has 0 bridgehead atoms. The Morgan fingerprint density at radius 3 is 0.966 bits per heavy atom. The first-order valence-electron chi connectivity index (χ1n) is 36.9. The van der Waals surface area contributed by atoms with Gasteiger partial charge in [-0.3, -0.25) is 9.59 Å². The van der Waals surface area contributed by atoms with Gasteiger partial charge in [-0.1, -0.05) is 336 Å². The molecule has 88 heavy (non-hydrogen) atoms. The van der Waals surface area contributed by atoms with Gasteiger partial charge in [0, 0.05) is 12.8 Å². The smallest absolute Gasteiger partial charge is 0.306 e. The van der Waals surface area contributed by atoms with Crippen LogP contribution in [-0.4, -0.2) is 82.3 Å². The van der Waals surface area contributed by atoms with E-state index in [4.69, 9.17) is 18.9 Å². The van der Waals surface area contributed by atoms with Gasteiger partial charge >= 0.3 is 11.9 Å². The summed E-state index contributed by atoms with van der Waals surface area (Å²) in [5, 5.41) is 11.8. The van der Waals surface area contributed by atoms with E-state index in [2.05, 4.69) is 111 Å². The molecule has 0 fully saturated rings. The Labute approximate surface area is 543 Å². The second kappa shape index (κ2) is 69.1. The maximum absolute atomic E-state index is 12.9. The second-order valence-corrected chi connectivity index (χ2v) is 25.9. The van der Waals surface area contributed by atoms with Gasteiger partial charge in [-0.25, -0.2) is 0 Å². The van der Waals surface area contributed by atoms with Crippen LogP contribution in [-0.2, 0) is 33.3 Å². The molecule has 0 aromatic rings. The number of carboxylic acids is 1. The van der Waals surface area contributed by atoms with Crippen LogP contribution in [0.1, 0.15) is 328 Å². The number of allylic oxidation sites excluding steroid dienone is 16. The zero-order chi connectivity index (χ0) is 64.0. The topological polar surface area (TPSA) is 111 Å². The van der Waals surface area contributed by atoms with Crippen molar-refractivity contribution in [2.45, 2.75) is 341 Å². The first-order chi connectivity index (χ1) is 43.1. The molecule has 0 amide bonds. The highest BCUT2D eigenvalue weighted by molar-refractivity contribution is 5.70. The summed E-state index contributed by atoms with van der Waals surface area (Å²) in [6.07, 6.45) is 92.1. The summed E-state index contributed by atoms with van der Waals surface area (Å²) < 4.78 is 22.8. The normalized spacial score (nSPS) is 13.2. The highest BCUT2D eigenvalue weighted by Crippen LogP contribution is 2.18. The predicted octanol–water partition coefficient (Wildman–Crippen LogP) is 21.9. The molecular formula is C79H139NO8. The van der Waals surface area contributed by atoms with Crippen molar-refractivity contribution in [3.63, 3.8) is 0 Å². The number of unbranched alkanes of at least 4 members (excludes halogenated alkanes) is 37. The summed E-state index contributed by atoms with van der Waals surface area (Å²) in [5.74, 6) is -2.26. The number of carbonyl (C=O) groups excluding carboxylic acids is 3. The Morgan fingerprint density at radius 1 is 0.352 bits per heavy atom. The Morgan fingerprint density at radius 2 is 0.648 bits per heavy atom. The fourth-order valence-electron chi connectivity index (χ4n) is 10.5. The third kappa shape index (κ3) is 69.7. The van der Waals surface area contributed by atoms with Gasteiger partial charge in [-0.05, 0) is 77.0 Å². The number of ether oxygens (including phenoxy) is 4. The summed E-state index contributed by atoms with van der Waals surface area (Å²) in [6.45, 7) is 4.68. The van der Waals surface area contributed by atoms with Crippen LogP contribution in [0.3, 0.4) is 0 Å². The molecule has 0 rings (SSSR count). The van der Waals surface area contributed by atoms with E-state index in [1.807, 2.05) is 21.1 Å². The van der Waals surface area contributed by atoms with Crippen LogP contribution < -0.4 is 5.11 Å². The molecule has 0 saturated heterocycles. The molecule has 0 aliphatic carbocycles. The zero-order valence-electron chi connectivity index (χ0n) is 58.1. The zero-order valence-corrected chi connectivity index (χ0v) is 58.1. The molecule has 0 N–H and O–H groups in total. The monoisotopic (exact) mass is 1230 g/mol. The van der Waals surface area contributed by atoms with Gasteiger partial charge in [-0.2, -0.15) is 0 Å². The quantitative estimate of drug-likeness (QED) is 0.0195. The first-order valence-corrected chi connectivity index (χ1v) is 36.9. The van der Waals surface area contributed by atoms with Crippen LogP contribution in [0.25, 0.3) is 0 Å². The largest absolute Gasteiger partial charge is 0.545 e. The number of aliphatic carboxylic acids is 1. The molecule has 0 aromatic heterocycles. The second-order valence-electron chi connectivity index (χ2n) is 25.9. The fraction of sp³-hybridized carbons (Fsp3) is 0.759. The van der Waals surface area contributed by atoms with E-state index >= 15 is 0 Å². The van der Waals surface area contributed by atoms with E-state index in [1.54, 1.807) is 0 Å². The average molecular weight is 1230 g/mol. The maximum Gasteiger partial charge on any atom is 0.306 e. The van der Waals surface area contributed by atoms with Crippen molar-refractivity contribution in [3.05, 3.63) is 97.2 Å². The third-order valence-electron chi connectivity index (χ3n) is 16.1. The average Bonchev–Trinajstić information content (AvgIpc) is 3.55. The highest BCUT2D eigenvalue weighted by atomic mass is 16.7. The summed E-state index contributed by atoms with van der Waals surface area (Å²) in [5.41, 5.74) is 0. The van der Waals surface area contributed by atoms with Gasteiger partial charge in [0.25, 0.3) is 0 Å². The van der Waals surface area contributed by atoms with Crippen molar-refractivity contribution < 1.29 is 42.9 Å². The van der Waals surface area contributed by atoms with E-state index in [0.717, 1.165) is 83.5 Å². The molecule has 9 nitrogen and oxygen atoms in total. The number of rotatable bonds is 68. The SMILES string of the molecule is CC/C=C\C/C=C\C/C=C\C/C=C\C/C=C\C/C=C\C/C=C\C/C=C\CCCCCCCCCCCCCCCCCCC(=O)OC(COC(=O)CCCCCCCCCCCCCCCCCCCCCCCC)COC(OCC[N+](C)(C)C)C(=O)[O-]. The van der Waals surface area contributed by atoms with Crippen molar-refractivity contribution in [1.82, 2.24) is 0 Å². The molecule has 0 saturated carbocycles. The van der Waals surface area contributed by atoms with E-state index in [9.17, 15) is 19.5 Å². The Hall–Kier alpha value is -3.79. The lowest BCUT2D eigenvalue weighted by Crippen LogP contribution is -2.44. The molecule has 0 heterocycles. The minimum absolute atomic E-state index is 0.148. The summed E-state index contributed by atoms with van der Waals surface area (Å²) in [4.78, 5) is 37.5. The summed E-state index contributed by atoms with van der Waals surface area (Å²) in [6, 6.07) is 0. The van der Waals surface area contributed by atoms with E-state index in [-0.39, 0.29) is 32.2 Å². The molecule has 2 unspecified atom stereocenters. The van der Waals surface area contributed by atoms with Gasteiger partial charge in [0.2, 0.25) is 0 Å².